The summed E-state index contributed by atoms with van der Waals surface area (Å²) in [6.07, 6.45) is 88.8. The maximum Gasteiger partial charge on any atom is 0.306 e. The molecule has 1 unspecified atom stereocenters. The number of hydrogen-bond acceptors (Lipinski definition) is 6. The molecule has 0 bridgehead atoms. The van der Waals surface area contributed by atoms with E-state index in [2.05, 4.69) is 106 Å². The predicted molar refractivity (Wildman–Crippen MR) is 344 cm³/mol. The van der Waals surface area contributed by atoms with Crippen LogP contribution in [0.15, 0.2) is 85.1 Å². The number of allylic oxidation sites excluding steroid dienone is 14. The van der Waals surface area contributed by atoms with Crippen LogP contribution in [0.3, 0.4) is 0 Å². The van der Waals surface area contributed by atoms with Crippen molar-refractivity contribution < 1.29 is 28.6 Å². The third-order valence-corrected chi connectivity index (χ3v) is 14.9. The summed E-state index contributed by atoms with van der Waals surface area (Å²) >= 11 is 0. The number of carbonyl (C=O) groups is 3. The van der Waals surface area contributed by atoms with Gasteiger partial charge in [-0.05, 0) is 116 Å². The summed E-state index contributed by atoms with van der Waals surface area (Å²) in [5.41, 5.74) is 0. The van der Waals surface area contributed by atoms with Gasteiger partial charge in [0.05, 0.1) is 0 Å². The molecule has 0 fully saturated rings. The van der Waals surface area contributed by atoms with Crippen LogP contribution in [0.2, 0.25) is 0 Å². The van der Waals surface area contributed by atoms with Crippen LogP contribution >= 0.6 is 0 Å². The van der Waals surface area contributed by atoms with Gasteiger partial charge in [0, 0.05) is 19.3 Å². The number of ether oxygens (including phenoxy) is 3. The second kappa shape index (κ2) is 67.1. The predicted octanol–water partition coefficient (Wildman–Crippen LogP) is 23.4. The Kier molecular flexibility index (Phi) is 64.2. The standard InChI is InChI=1S/C73H128O6/c1-4-7-10-13-16-19-22-25-28-30-32-33-34-35-36-37-38-39-41-42-45-48-51-54-57-60-63-66-72(75)78-69-70(68-77-71(74)65-62-59-56-53-50-47-44-27-24-21-18-15-12-9-6-3)79-73(76)67-64-61-58-55-52-49-46-43-40-31-29-26-23-20-17-14-11-8-5-2/h7,10,16,19,25-29,32-33,35-36,44,70H,4-6,8-9,11-15,17-18,20-24,30-31,34,37-43,45-69H2,1-3H3/b10-7-,19-16-,28-25-,29-26-,33-32-,36-35-,44-27-. The van der Waals surface area contributed by atoms with Gasteiger partial charge in [0.1, 0.15) is 13.2 Å². The van der Waals surface area contributed by atoms with Crippen LogP contribution in [0, 0.1) is 0 Å². The average Bonchev–Trinajstić information content (AvgIpc) is 3.45. The van der Waals surface area contributed by atoms with Crippen molar-refractivity contribution in [2.45, 2.75) is 348 Å². The summed E-state index contributed by atoms with van der Waals surface area (Å²) in [5.74, 6) is -0.876. The lowest BCUT2D eigenvalue weighted by atomic mass is 10.0. The molecule has 0 spiro atoms. The zero-order valence-electron chi connectivity index (χ0n) is 52.4. The topological polar surface area (TPSA) is 78.9 Å². The van der Waals surface area contributed by atoms with Gasteiger partial charge in [0.25, 0.3) is 0 Å². The first-order valence-corrected chi connectivity index (χ1v) is 34.1. The fourth-order valence-electron chi connectivity index (χ4n) is 9.76. The first-order valence-electron chi connectivity index (χ1n) is 34.1. The van der Waals surface area contributed by atoms with Crippen molar-refractivity contribution in [3.05, 3.63) is 85.1 Å². The van der Waals surface area contributed by atoms with Gasteiger partial charge < -0.3 is 14.2 Å². The molecule has 0 aliphatic rings. The van der Waals surface area contributed by atoms with E-state index in [0.717, 1.165) is 96.3 Å². The van der Waals surface area contributed by atoms with Gasteiger partial charge in [-0.1, -0.05) is 292 Å². The van der Waals surface area contributed by atoms with Gasteiger partial charge in [-0.3, -0.25) is 14.4 Å². The third kappa shape index (κ3) is 65.3. The minimum absolute atomic E-state index is 0.0792. The highest BCUT2D eigenvalue weighted by Gasteiger charge is 2.19. The lowest BCUT2D eigenvalue weighted by Gasteiger charge is -2.18. The zero-order valence-corrected chi connectivity index (χ0v) is 52.4. The normalized spacial score (nSPS) is 12.6. The van der Waals surface area contributed by atoms with Crippen LogP contribution in [0.1, 0.15) is 342 Å². The largest absolute Gasteiger partial charge is 0.462 e. The lowest BCUT2D eigenvalue weighted by Crippen LogP contribution is -2.30. The van der Waals surface area contributed by atoms with Crippen molar-refractivity contribution in [1.82, 2.24) is 0 Å². The molecule has 0 saturated heterocycles. The van der Waals surface area contributed by atoms with Gasteiger partial charge in [-0.15, -0.1) is 0 Å². The van der Waals surface area contributed by atoms with Crippen molar-refractivity contribution >= 4 is 17.9 Å². The van der Waals surface area contributed by atoms with Gasteiger partial charge in [-0.25, -0.2) is 0 Å². The van der Waals surface area contributed by atoms with Gasteiger partial charge in [-0.2, -0.15) is 0 Å². The van der Waals surface area contributed by atoms with E-state index in [1.807, 2.05) is 0 Å². The fraction of sp³-hybridized carbons (Fsp3) is 0.767. The molecule has 0 aromatic rings. The van der Waals surface area contributed by atoms with E-state index < -0.39 is 6.10 Å². The molecular formula is C73H128O6. The average molecular weight is 1100 g/mol. The molecule has 0 aliphatic carbocycles. The molecule has 0 aromatic carbocycles. The molecule has 0 rings (SSSR count). The monoisotopic (exact) mass is 1100 g/mol. The van der Waals surface area contributed by atoms with E-state index in [1.165, 1.54) is 205 Å². The summed E-state index contributed by atoms with van der Waals surface area (Å²) in [7, 11) is 0. The molecule has 6 heteroatoms. The molecule has 0 saturated carbocycles. The summed E-state index contributed by atoms with van der Waals surface area (Å²) in [4.78, 5) is 38.4. The minimum Gasteiger partial charge on any atom is -0.462 e. The Labute approximate surface area is 490 Å². The number of carbonyl (C=O) groups excluding carboxylic acids is 3. The van der Waals surface area contributed by atoms with Crippen molar-refractivity contribution in [2.75, 3.05) is 13.2 Å². The van der Waals surface area contributed by atoms with Crippen molar-refractivity contribution in [2.24, 2.45) is 0 Å². The SMILES string of the molecule is CC/C=C\C/C=C\C/C=C\C/C=C\C/C=C\CCCCCCCCCCCCCC(=O)OCC(COC(=O)CCCCCCC/C=C\CCCCCCCC)OC(=O)CCCCCCCCCCC/C=C\CCCCCCCC. The summed E-state index contributed by atoms with van der Waals surface area (Å²) in [6.45, 7) is 6.55. The maximum absolute atomic E-state index is 12.9. The van der Waals surface area contributed by atoms with Crippen LogP contribution in [-0.4, -0.2) is 37.2 Å². The second-order valence-electron chi connectivity index (χ2n) is 22.7. The highest BCUT2D eigenvalue weighted by molar-refractivity contribution is 5.71. The summed E-state index contributed by atoms with van der Waals surface area (Å²) in [6, 6.07) is 0. The maximum atomic E-state index is 12.9. The molecule has 0 amide bonds. The van der Waals surface area contributed by atoms with Gasteiger partial charge in [0.15, 0.2) is 6.10 Å². The zero-order chi connectivity index (χ0) is 57.1. The molecular weight excluding hydrogens is 973 g/mol. The van der Waals surface area contributed by atoms with Crippen LogP contribution < -0.4 is 0 Å². The molecule has 1 atom stereocenters. The summed E-state index contributed by atoms with van der Waals surface area (Å²) < 4.78 is 17.0. The van der Waals surface area contributed by atoms with E-state index in [-0.39, 0.29) is 31.1 Å². The molecule has 0 heterocycles. The van der Waals surface area contributed by atoms with E-state index in [9.17, 15) is 14.4 Å². The number of hydrogen-bond donors (Lipinski definition) is 0. The minimum atomic E-state index is -0.783. The fourth-order valence-corrected chi connectivity index (χ4v) is 9.76. The molecule has 0 aromatic heterocycles. The highest BCUT2D eigenvalue weighted by Crippen LogP contribution is 2.17. The Hall–Kier alpha value is -3.41. The smallest absolute Gasteiger partial charge is 0.306 e. The number of esters is 3. The quantitative estimate of drug-likeness (QED) is 0.0261. The molecule has 6 nitrogen and oxygen atoms in total. The number of rotatable bonds is 62. The van der Waals surface area contributed by atoms with E-state index in [1.54, 1.807) is 0 Å². The highest BCUT2D eigenvalue weighted by atomic mass is 16.6. The van der Waals surface area contributed by atoms with Crippen LogP contribution in [0.5, 0.6) is 0 Å². The third-order valence-electron chi connectivity index (χ3n) is 14.9. The Bertz CT molecular complexity index is 1500. The molecule has 456 valence electrons. The Morgan fingerprint density at radius 1 is 0.266 bits per heavy atom. The molecule has 79 heavy (non-hydrogen) atoms. The van der Waals surface area contributed by atoms with Crippen molar-refractivity contribution in [3.8, 4) is 0 Å². The van der Waals surface area contributed by atoms with E-state index in [4.69, 9.17) is 14.2 Å². The number of unbranched alkanes of at least 4 members (excludes halogenated alkanes) is 37. The van der Waals surface area contributed by atoms with Crippen LogP contribution in [0.4, 0.5) is 0 Å². The molecule has 0 aliphatic heterocycles. The second-order valence-corrected chi connectivity index (χ2v) is 22.7. The van der Waals surface area contributed by atoms with E-state index >= 15 is 0 Å². The van der Waals surface area contributed by atoms with Crippen LogP contribution in [0.25, 0.3) is 0 Å². The van der Waals surface area contributed by atoms with Crippen molar-refractivity contribution in [3.63, 3.8) is 0 Å². The Morgan fingerprint density at radius 2 is 0.494 bits per heavy atom. The first kappa shape index (κ1) is 75.6. The van der Waals surface area contributed by atoms with Crippen molar-refractivity contribution in [1.29, 1.82) is 0 Å². The van der Waals surface area contributed by atoms with Gasteiger partial charge in [0.2, 0.25) is 0 Å². The molecule has 0 radical (unpaired) electrons. The van der Waals surface area contributed by atoms with Gasteiger partial charge >= 0.3 is 17.9 Å². The summed E-state index contributed by atoms with van der Waals surface area (Å²) in [5, 5.41) is 0. The molecule has 0 N–H and O–H groups in total. The van der Waals surface area contributed by atoms with E-state index in [0.29, 0.717) is 19.3 Å². The lowest BCUT2D eigenvalue weighted by molar-refractivity contribution is -0.167. The Balaban J connectivity index is 4.32. The van der Waals surface area contributed by atoms with Crippen LogP contribution in [-0.2, 0) is 28.6 Å². The Morgan fingerprint density at radius 3 is 0.785 bits per heavy atom. The first-order chi connectivity index (χ1) is 39.0.